The van der Waals surface area contributed by atoms with E-state index in [1.807, 2.05) is 0 Å². The Labute approximate surface area is 87.3 Å². The highest BCUT2D eigenvalue weighted by Gasteiger charge is 2.36. The Bertz CT molecular complexity index is 296. The minimum Gasteiger partial charge on any atom is -0.462 e. The van der Waals surface area contributed by atoms with Crippen molar-refractivity contribution in [2.24, 2.45) is 5.92 Å². The summed E-state index contributed by atoms with van der Waals surface area (Å²) in [6.45, 7) is 0.274. The summed E-state index contributed by atoms with van der Waals surface area (Å²) in [6, 6.07) is 0. The third-order valence-electron chi connectivity index (χ3n) is 2.95. The van der Waals surface area contributed by atoms with Crippen molar-refractivity contribution in [3.63, 3.8) is 0 Å². The lowest BCUT2D eigenvalue weighted by atomic mass is 9.85. The Morgan fingerprint density at radius 1 is 1.33 bits per heavy atom. The van der Waals surface area contributed by atoms with Gasteiger partial charge in [-0.1, -0.05) is 0 Å². The van der Waals surface area contributed by atoms with Crippen LogP contribution in [0.3, 0.4) is 0 Å². The number of carbonyl (C=O) groups is 1. The van der Waals surface area contributed by atoms with E-state index in [-0.39, 0.29) is 31.7 Å². The maximum atomic E-state index is 11.4. The Kier molecular flexibility index (Phi) is 3.04. The number of esters is 1. The van der Waals surface area contributed by atoms with Crippen molar-refractivity contribution in [1.29, 1.82) is 0 Å². The molecule has 2 rings (SSSR count). The third-order valence-corrected chi connectivity index (χ3v) is 2.95. The lowest BCUT2D eigenvalue weighted by Crippen LogP contribution is -2.40. The van der Waals surface area contributed by atoms with Gasteiger partial charge in [0.05, 0.1) is 38.1 Å². The fourth-order valence-corrected chi connectivity index (χ4v) is 2.12. The zero-order chi connectivity index (χ0) is 10.8. The Morgan fingerprint density at radius 3 is 2.80 bits per heavy atom. The molecule has 84 valence electrons. The zero-order valence-electron chi connectivity index (χ0n) is 8.31. The van der Waals surface area contributed by atoms with Crippen LogP contribution in [0.15, 0.2) is 11.1 Å². The largest absolute Gasteiger partial charge is 0.462 e. The Balaban J connectivity index is 2.29. The quantitative estimate of drug-likeness (QED) is 0.590. The number of aliphatic hydroxyl groups is 2. The molecule has 0 radical (unpaired) electrons. The molecule has 2 aliphatic heterocycles. The van der Waals surface area contributed by atoms with Crippen molar-refractivity contribution < 1.29 is 24.5 Å². The number of cyclic esters (lactones) is 1. The van der Waals surface area contributed by atoms with E-state index in [0.29, 0.717) is 18.6 Å². The summed E-state index contributed by atoms with van der Waals surface area (Å²) in [7, 11) is 0. The SMILES string of the molecule is O=C1OCCC2=C1COC(CO)C2CO. The summed E-state index contributed by atoms with van der Waals surface area (Å²) in [5, 5.41) is 18.3. The van der Waals surface area contributed by atoms with Gasteiger partial charge in [-0.25, -0.2) is 4.79 Å². The van der Waals surface area contributed by atoms with E-state index in [2.05, 4.69) is 0 Å². The van der Waals surface area contributed by atoms with Crippen LogP contribution in [0.1, 0.15) is 6.42 Å². The van der Waals surface area contributed by atoms with Crippen molar-refractivity contribution in [2.45, 2.75) is 12.5 Å². The molecule has 2 aliphatic rings. The molecule has 0 saturated heterocycles. The topological polar surface area (TPSA) is 76.0 Å². The minimum atomic E-state index is -0.403. The number of aliphatic hydroxyl groups excluding tert-OH is 2. The second-order valence-corrected chi connectivity index (χ2v) is 3.71. The number of rotatable bonds is 2. The van der Waals surface area contributed by atoms with Gasteiger partial charge in [0.15, 0.2) is 0 Å². The highest BCUT2D eigenvalue weighted by Crippen LogP contribution is 2.32. The van der Waals surface area contributed by atoms with E-state index in [1.165, 1.54) is 0 Å². The predicted molar refractivity (Wildman–Crippen MR) is 50.0 cm³/mol. The van der Waals surface area contributed by atoms with Gasteiger partial charge in [0.2, 0.25) is 0 Å². The van der Waals surface area contributed by atoms with Crippen LogP contribution >= 0.6 is 0 Å². The van der Waals surface area contributed by atoms with Gasteiger partial charge in [0, 0.05) is 12.3 Å². The summed E-state index contributed by atoms with van der Waals surface area (Å²) >= 11 is 0. The van der Waals surface area contributed by atoms with E-state index >= 15 is 0 Å². The van der Waals surface area contributed by atoms with Crippen molar-refractivity contribution in [1.82, 2.24) is 0 Å². The van der Waals surface area contributed by atoms with Crippen LogP contribution in [-0.4, -0.2) is 48.7 Å². The lowest BCUT2D eigenvalue weighted by molar-refractivity contribution is -0.143. The summed E-state index contributed by atoms with van der Waals surface area (Å²) < 4.78 is 10.2. The van der Waals surface area contributed by atoms with Gasteiger partial charge < -0.3 is 19.7 Å². The van der Waals surface area contributed by atoms with Gasteiger partial charge in [0.25, 0.3) is 0 Å². The van der Waals surface area contributed by atoms with Gasteiger partial charge in [-0.3, -0.25) is 0 Å². The van der Waals surface area contributed by atoms with Gasteiger partial charge in [-0.2, -0.15) is 0 Å². The summed E-state index contributed by atoms with van der Waals surface area (Å²) in [4.78, 5) is 11.4. The van der Waals surface area contributed by atoms with E-state index in [9.17, 15) is 9.90 Å². The molecule has 0 aliphatic carbocycles. The molecule has 0 bridgehead atoms. The predicted octanol–water partition coefficient (Wildman–Crippen LogP) is -0.771. The molecule has 5 heteroatoms. The van der Waals surface area contributed by atoms with E-state index < -0.39 is 6.10 Å². The molecule has 0 aromatic rings. The molecule has 0 spiro atoms. The van der Waals surface area contributed by atoms with E-state index in [4.69, 9.17) is 14.6 Å². The molecule has 0 aromatic carbocycles. The van der Waals surface area contributed by atoms with Gasteiger partial charge >= 0.3 is 5.97 Å². The Morgan fingerprint density at radius 2 is 2.13 bits per heavy atom. The summed E-state index contributed by atoms with van der Waals surface area (Å²) in [5.41, 5.74) is 1.41. The normalized spacial score (nSPS) is 31.2. The maximum Gasteiger partial charge on any atom is 0.336 e. The smallest absolute Gasteiger partial charge is 0.336 e. The fraction of sp³-hybridized carbons (Fsp3) is 0.700. The summed E-state index contributed by atoms with van der Waals surface area (Å²) in [5.74, 6) is -0.627. The van der Waals surface area contributed by atoms with Crippen LogP contribution in [0.5, 0.6) is 0 Å². The zero-order valence-corrected chi connectivity index (χ0v) is 8.31. The molecule has 0 amide bonds. The third kappa shape index (κ3) is 1.78. The fourth-order valence-electron chi connectivity index (χ4n) is 2.12. The molecule has 2 atom stereocenters. The first kappa shape index (κ1) is 10.6. The van der Waals surface area contributed by atoms with Crippen molar-refractivity contribution in [2.75, 3.05) is 26.4 Å². The number of hydrogen-bond donors (Lipinski definition) is 2. The molecular weight excluding hydrogens is 200 g/mol. The monoisotopic (exact) mass is 214 g/mol. The van der Waals surface area contributed by atoms with Crippen molar-refractivity contribution in [3.05, 3.63) is 11.1 Å². The average Bonchev–Trinajstić information content (AvgIpc) is 2.28. The van der Waals surface area contributed by atoms with Crippen LogP contribution in [0.4, 0.5) is 0 Å². The van der Waals surface area contributed by atoms with Crippen LogP contribution in [-0.2, 0) is 14.3 Å². The Hall–Kier alpha value is -0.910. The number of ether oxygens (including phenoxy) is 2. The lowest BCUT2D eigenvalue weighted by Gasteiger charge is -2.35. The van der Waals surface area contributed by atoms with Crippen LogP contribution < -0.4 is 0 Å². The van der Waals surface area contributed by atoms with E-state index in [0.717, 1.165) is 5.57 Å². The highest BCUT2D eigenvalue weighted by atomic mass is 16.5. The minimum absolute atomic E-state index is 0.114. The first-order valence-electron chi connectivity index (χ1n) is 5.00. The highest BCUT2D eigenvalue weighted by molar-refractivity contribution is 5.90. The molecule has 5 nitrogen and oxygen atoms in total. The second-order valence-electron chi connectivity index (χ2n) is 3.71. The van der Waals surface area contributed by atoms with Crippen molar-refractivity contribution in [3.8, 4) is 0 Å². The molecule has 2 N–H and O–H groups in total. The first-order chi connectivity index (χ1) is 7.27. The maximum absolute atomic E-state index is 11.4. The van der Waals surface area contributed by atoms with Gasteiger partial charge in [-0.15, -0.1) is 0 Å². The first-order valence-corrected chi connectivity index (χ1v) is 5.00. The van der Waals surface area contributed by atoms with Gasteiger partial charge in [-0.05, 0) is 5.57 Å². The molecule has 2 unspecified atom stereocenters. The molecule has 2 heterocycles. The average molecular weight is 214 g/mol. The van der Waals surface area contributed by atoms with E-state index in [1.54, 1.807) is 0 Å². The van der Waals surface area contributed by atoms with Crippen LogP contribution in [0.2, 0.25) is 0 Å². The number of hydrogen-bond acceptors (Lipinski definition) is 5. The number of carbonyl (C=O) groups excluding carboxylic acids is 1. The molecule has 0 aromatic heterocycles. The standard InChI is InChI=1S/C10H14O5/c11-3-7-6-1-2-14-10(13)8(6)5-15-9(7)4-12/h7,9,11-12H,1-5H2. The van der Waals surface area contributed by atoms with Crippen molar-refractivity contribution >= 4 is 5.97 Å². The molecule has 15 heavy (non-hydrogen) atoms. The van der Waals surface area contributed by atoms with Crippen LogP contribution in [0, 0.1) is 5.92 Å². The summed E-state index contributed by atoms with van der Waals surface area (Å²) in [6.07, 6.45) is 0.228. The molecule has 0 saturated carbocycles. The molecular formula is C10H14O5. The van der Waals surface area contributed by atoms with Crippen LogP contribution in [0.25, 0.3) is 0 Å². The second kappa shape index (κ2) is 4.30. The van der Waals surface area contributed by atoms with Gasteiger partial charge in [0.1, 0.15) is 0 Å². The molecule has 0 fully saturated rings.